The first-order valence-electron chi connectivity index (χ1n) is 7.93. The zero-order valence-corrected chi connectivity index (χ0v) is 15.2. The molecule has 7 heteroatoms. The minimum absolute atomic E-state index is 0.0501. The van der Waals surface area contributed by atoms with E-state index in [0.717, 1.165) is 12.0 Å². The summed E-state index contributed by atoms with van der Waals surface area (Å²) in [6.07, 6.45) is 0.973. The van der Waals surface area contributed by atoms with E-state index in [1.165, 1.54) is 25.1 Å². The van der Waals surface area contributed by atoms with Gasteiger partial charge in [-0.1, -0.05) is 26.0 Å². The fourth-order valence-corrected chi connectivity index (χ4v) is 3.12. The summed E-state index contributed by atoms with van der Waals surface area (Å²) >= 11 is 0. The predicted molar refractivity (Wildman–Crippen MR) is 97.5 cm³/mol. The van der Waals surface area contributed by atoms with E-state index in [1.807, 2.05) is 0 Å². The van der Waals surface area contributed by atoms with Crippen molar-refractivity contribution in [2.24, 2.45) is 5.10 Å². The van der Waals surface area contributed by atoms with E-state index in [9.17, 15) is 18.6 Å². The van der Waals surface area contributed by atoms with Crippen LogP contribution in [0.15, 0.2) is 52.5 Å². The van der Waals surface area contributed by atoms with Crippen LogP contribution in [-0.2, 0) is 10.0 Å². The molecule has 6 nitrogen and oxygen atoms in total. The second-order valence-corrected chi connectivity index (χ2v) is 7.53. The van der Waals surface area contributed by atoms with Gasteiger partial charge in [0.15, 0.2) is 0 Å². The van der Waals surface area contributed by atoms with Crippen LogP contribution in [0.2, 0.25) is 0 Å². The molecule has 25 heavy (non-hydrogen) atoms. The molecule has 3 N–H and O–H groups in total. The van der Waals surface area contributed by atoms with Crippen LogP contribution in [0.5, 0.6) is 11.5 Å². The van der Waals surface area contributed by atoms with E-state index in [0.29, 0.717) is 5.92 Å². The van der Waals surface area contributed by atoms with Gasteiger partial charge < -0.3 is 10.2 Å². The van der Waals surface area contributed by atoms with Crippen LogP contribution in [0.1, 0.15) is 44.2 Å². The monoisotopic (exact) mass is 362 g/mol. The van der Waals surface area contributed by atoms with Crippen molar-refractivity contribution in [1.82, 2.24) is 4.83 Å². The third-order valence-electron chi connectivity index (χ3n) is 4.08. The lowest BCUT2D eigenvalue weighted by Crippen LogP contribution is -2.20. The van der Waals surface area contributed by atoms with Gasteiger partial charge in [0.05, 0.1) is 10.6 Å². The number of phenols is 2. The number of hydrogen-bond donors (Lipinski definition) is 3. The quantitative estimate of drug-likeness (QED) is 0.417. The molecule has 134 valence electrons. The van der Waals surface area contributed by atoms with Crippen LogP contribution in [0.4, 0.5) is 0 Å². The minimum atomic E-state index is -3.82. The molecule has 1 atom stereocenters. The Kier molecular flexibility index (Phi) is 5.69. The van der Waals surface area contributed by atoms with E-state index in [1.54, 1.807) is 24.3 Å². The first kappa shape index (κ1) is 18.8. The number of hydrogen-bond acceptors (Lipinski definition) is 5. The molecule has 0 fully saturated rings. The van der Waals surface area contributed by atoms with E-state index >= 15 is 0 Å². The molecule has 0 saturated carbocycles. The number of nitrogens with zero attached hydrogens (tertiary/aromatic N) is 1. The first-order chi connectivity index (χ1) is 11.7. The van der Waals surface area contributed by atoms with Crippen LogP contribution in [-0.4, -0.2) is 24.3 Å². The molecule has 0 spiro atoms. The Hall–Kier alpha value is -2.54. The van der Waals surface area contributed by atoms with Crippen molar-refractivity contribution < 1.29 is 18.6 Å². The van der Waals surface area contributed by atoms with Crippen molar-refractivity contribution in [3.63, 3.8) is 0 Å². The second kappa shape index (κ2) is 7.57. The largest absolute Gasteiger partial charge is 0.508 e. The molecule has 0 aromatic heterocycles. The minimum Gasteiger partial charge on any atom is -0.508 e. The molecule has 0 aliphatic carbocycles. The van der Waals surface area contributed by atoms with Crippen molar-refractivity contribution in [2.45, 2.75) is 38.0 Å². The van der Waals surface area contributed by atoms with Gasteiger partial charge in [-0.2, -0.15) is 18.4 Å². The highest BCUT2D eigenvalue weighted by Crippen LogP contribution is 2.23. The third-order valence-corrected chi connectivity index (χ3v) is 5.30. The summed E-state index contributed by atoms with van der Waals surface area (Å²) in [5, 5.41) is 23.1. The average molecular weight is 362 g/mol. The molecule has 0 heterocycles. The van der Waals surface area contributed by atoms with Crippen LogP contribution in [0.25, 0.3) is 0 Å². The summed E-state index contributed by atoms with van der Waals surface area (Å²) in [6, 6.07) is 10.6. The van der Waals surface area contributed by atoms with Gasteiger partial charge in [0, 0.05) is 5.56 Å². The van der Waals surface area contributed by atoms with Gasteiger partial charge in [-0.25, -0.2) is 0 Å². The maximum atomic E-state index is 12.3. The Morgan fingerprint density at radius 2 is 1.80 bits per heavy atom. The van der Waals surface area contributed by atoms with Crippen LogP contribution >= 0.6 is 0 Å². The fraction of sp³-hybridized carbons (Fsp3) is 0.278. The first-order valence-corrected chi connectivity index (χ1v) is 9.41. The van der Waals surface area contributed by atoms with Gasteiger partial charge in [0.2, 0.25) is 0 Å². The van der Waals surface area contributed by atoms with Gasteiger partial charge in [-0.05, 0) is 55.2 Å². The predicted octanol–water partition coefficient (Wildman–Crippen LogP) is 3.31. The van der Waals surface area contributed by atoms with E-state index in [4.69, 9.17) is 0 Å². The fourth-order valence-electron chi connectivity index (χ4n) is 2.27. The van der Waals surface area contributed by atoms with Crippen LogP contribution in [0.3, 0.4) is 0 Å². The lowest BCUT2D eigenvalue weighted by Gasteiger charge is -2.10. The molecule has 2 aromatic rings. The molecule has 0 saturated heterocycles. The Morgan fingerprint density at radius 3 is 2.40 bits per heavy atom. The number of aromatic hydroxyl groups is 2. The number of sulfonamides is 1. The lowest BCUT2D eigenvalue weighted by molar-refractivity contribution is 0.459. The van der Waals surface area contributed by atoms with E-state index in [2.05, 4.69) is 23.8 Å². The normalized spacial score (nSPS) is 13.5. The van der Waals surface area contributed by atoms with Crippen molar-refractivity contribution in [2.75, 3.05) is 0 Å². The van der Waals surface area contributed by atoms with Gasteiger partial charge in [-0.3, -0.25) is 0 Å². The van der Waals surface area contributed by atoms with Crippen molar-refractivity contribution >= 4 is 15.7 Å². The number of nitrogens with one attached hydrogen (secondary N) is 1. The summed E-state index contributed by atoms with van der Waals surface area (Å²) in [7, 11) is -3.82. The smallest absolute Gasteiger partial charge is 0.276 e. The van der Waals surface area contributed by atoms with Crippen LogP contribution < -0.4 is 4.83 Å². The Morgan fingerprint density at radius 1 is 1.16 bits per heavy atom. The topological polar surface area (TPSA) is 99.0 Å². The summed E-state index contributed by atoms with van der Waals surface area (Å²) < 4.78 is 24.7. The highest BCUT2D eigenvalue weighted by molar-refractivity contribution is 7.89. The summed E-state index contributed by atoms with van der Waals surface area (Å²) in [4.78, 5) is 2.26. The average Bonchev–Trinajstić information content (AvgIpc) is 2.61. The van der Waals surface area contributed by atoms with E-state index < -0.39 is 10.0 Å². The third kappa shape index (κ3) is 4.51. The molecule has 0 aliphatic heterocycles. The molecule has 0 aliphatic rings. The molecule has 0 bridgehead atoms. The molecular formula is C18H22N2O4S. The van der Waals surface area contributed by atoms with Crippen molar-refractivity contribution in [3.8, 4) is 11.5 Å². The number of rotatable bonds is 6. The van der Waals surface area contributed by atoms with Gasteiger partial charge in [0.1, 0.15) is 11.5 Å². The van der Waals surface area contributed by atoms with E-state index in [-0.39, 0.29) is 27.7 Å². The summed E-state index contributed by atoms with van der Waals surface area (Å²) in [6.45, 7) is 5.69. The van der Waals surface area contributed by atoms with Gasteiger partial charge >= 0.3 is 0 Å². The summed E-state index contributed by atoms with van der Waals surface area (Å²) in [5.41, 5.74) is 1.55. The molecule has 2 aromatic carbocycles. The van der Waals surface area contributed by atoms with Gasteiger partial charge in [0.25, 0.3) is 10.0 Å². The zero-order chi connectivity index (χ0) is 18.6. The molecule has 0 radical (unpaired) electrons. The summed E-state index contributed by atoms with van der Waals surface area (Å²) in [5.74, 6) is 0.209. The maximum Gasteiger partial charge on any atom is 0.276 e. The molecule has 1 unspecified atom stereocenters. The van der Waals surface area contributed by atoms with Crippen molar-refractivity contribution in [1.29, 1.82) is 0 Å². The number of hydrazone groups is 1. The highest BCUT2D eigenvalue weighted by Gasteiger charge is 2.14. The Labute approximate surface area is 147 Å². The Bertz CT molecular complexity index is 874. The Balaban J connectivity index is 2.22. The standard InChI is InChI=1S/C18H22N2O4S/c1-4-12(2)14-5-8-16(9-6-14)25(23,24)20-19-13(3)17-11-15(21)7-10-18(17)22/h5-12,20-22H,4H2,1-3H3. The van der Waals surface area contributed by atoms with Crippen molar-refractivity contribution in [3.05, 3.63) is 53.6 Å². The number of benzene rings is 2. The molecule has 0 amide bonds. The van der Waals surface area contributed by atoms with Crippen LogP contribution in [0, 0.1) is 0 Å². The molecular weight excluding hydrogens is 340 g/mol. The SMILES string of the molecule is CCC(C)c1ccc(S(=O)(=O)NN=C(C)c2cc(O)ccc2O)cc1. The molecule has 2 rings (SSSR count). The zero-order valence-electron chi connectivity index (χ0n) is 14.4. The second-order valence-electron chi connectivity index (χ2n) is 5.87. The highest BCUT2D eigenvalue weighted by atomic mass is 32.2. The lowest BCUT2D eigenvalue weighted by atomic mass is 9.99. The number of phenolic OH excluding ortho intramolecular Hbond substituents is 2. The van der Waals surface area contributed by atoms with Gasteiger partial charge in [-0.15, -0.1) is 0 Å². The maximum absolute atomic E-state index is 12.3.